The lowest BCUT2D eigenvalue weighted by atomic mass is 10.2. The number of hydrogen-bond donors (Lipinski definition) is 1. The molecular weight excluding hydrogens is 492 g/mol. The maximum atomic E-state index is 13.6. The third-order valence-electron chi connectivity index (χ3n) is 5.22. The van der Waals surface area contributed by atoms with E-state index in [0.29, 0.717) is 28.9 Å². The number of benzene rings is 3. The van der Waals surface area contributed by atoms with Gasteiger partial charge < -0.3 is 19.5 Å². The number of anilines is 1. The molecule has 3 aromatic rings. The Bertz CT molecular complexity index is 1280. The first kappa shape index (κ1) is 24.7. The van der Waals surface area contributed by atoms with Crippen molar-refractivity contribution in [1.29, 1.82) is 0 Å². The molecule has 0 aliphatic carbocycles. The highest BCUT2D eigenvalue weighted by molar-refractivity contribution is 7.92. The minimum atomic E-state index is -4.11. The van der Waals surface area contributed by atoms with Crippen molar-refractivity contribution in [3.8, 4) is 17.2 Å². The normalized spacial score (nSPS) is 14.7. The summed E-state index contributed by atoms with van der Waals surface area (Å²) in [4.78, 5) is 12.9. The fourth-order valence-corrected chi connectivity index (χ4v) is 5.11. The van der Waals surface area contributed by atoms with Gasteiger partial charge in [0.25, 0.3) is 10.0 Å². The quantitative estimate of drug-likeness (QED) is 0.464. The van der Waals surface area contributed by atoms with Gasteiger partial charge in [-0.1, -0.05) is 35.9 Å². The molecule has 8 nitrogen and oxygen atoms in total. The lowest BCUT2D eigenvalue weighted by Crippen LogP contribution is -2.45. The minimum absolute atomic E-state index is 0.00150. The molecule has 4 rings (SSSR count). The highest BCUT2D eigenvalue weighted by atomic mass is 35.5. The van der Waals surface area contributed by atoms with Crippen LogP contribution in [0.1, 0.15) is 6.92 Å². The SMILES string of the molecule is CCOc1ccccc1N(CC(=O)NC[C@H]1COc2ccccc2O1)S(=O)(=O)c1ccc(Cl)cc1. The van der Waals surface area contributed by atoms with Crippen molar-refractivity contribution in [2.75, 3.05) is 30.6 Å². The van der Waals surface area contributed by atoms with Gasteiger partial charge in [-0.3, -0.25) is 9.10 Å². The summed E-state index contributed by atoms with van der Waals surface area (Å²) in [6.07, 6.45) is -0.411. The predicted molar refractivity (Wildman–Crippen MR) is 133 cm³/mol. The van der Waals surface area contributed by atoms with Gasteiger partial charge in [0.1, 0.15) is 25.0 Å². The molecule has 1 amide bonds. The van der Waals surface area contributed by atoms with Crippen LogP contribution < -0.4 is 23.8 Å². The second-order valence-electron chi connectivity index (χ2n) is 7.67. The van der Waals surface area contributed by atoms with Gasteiger partial charge >= 0.3 is 0 Å². The Labute approximate surface area is 209 Å². The van der Waals surface area contributed by atoms with Crippen LogP contribution >= 0.6 is 11.6 Å². The minimum Gasteiger partial charge on any atom is -0.492 e. The number of sulfonamides is 1. The maximum absolute atomic E-state index is 13.6. The van der Waals surface area contributed by atoms with Crippen LogP contribution in [0.4, 0.5) is 5.69 Å². The number of amides is 1. The second kappa shape index (κ2) is 10.9. The van der Waals surface area contributed by atoms with Crippen LogP contribution in [0.3, 0.4) is 0 Å². The van der Waals surface area contributed by atoms with Crippen molar-refractivity contribution < 1.29 is 27.4 Å². The Balaban J connectivity index is 1.54. The van der Waals surface area contributed by atoms with E-state index in [1.807, 2.05) is 12.1 Å². The van der Waals surface area contributed by atoms with Crippen molar-refractivity contribution in [2.45, 2.75) is 17.9 Å². The first-order valence-electron chi connectivity index (χ1n) is 11.0. The van der Waals surface area contributed by atoms with E-state index < -0.39 is 28.6 Å². The fraction of sp³-hybridized carbons (Fsp3) is 0.240. The highest BCUT2D eigenvalue weighted by Gasteiger charge is 2.30. The van der Waals surface area contributed by atoms with E-state index >= 15 is 0 Å². The molecule has 0 spiro atoms. The van der Waals surface area contributed by atoms with Crippen molar-refractivity contribution in [1.82, 2.24) is 5.32 Å². The monoisotopic (exact) mass is 516 g/mol. The maximum Gasteiger partial charge on any atom is 0.264 e. The van der Waals surface area contributed by atoms with Crippen LogP contribution in [0, 0.1) is 0 Å². The molecule has 1 atom stereocenters. The van der Waals surface area contributed by atoms with Gasteiger partial charge in [-0.2, -0.15) is 0 Å². The summed E-state index contributed by atoms with van der Waals surface area (Å²) in [7, 11) is -4.11. The lowest BCUT2D eigenvalue weighted by Gasteiger charge is -2.28. The number of carbonyl (C=O) groups is 1. The largest absolute Gasteiger partial charge is 0.492 e. The molecule has 0 saturated heterocycles. The molecule has 0 aromatic heterocycles. The van der Waals surface area contributed by atoms with Crippen LogP contribution in [0.25, 0.3) is 0 Å². The summed E-state index contributed by atoms with van der Waals surface area (Å²) in [5.74, 6) is 1.08. The second-order valence-corrected chi connectivity index (χ2v) is 9.97. The van der Waals surface area contributed by atoms with Gasteiger partial charge in [-0.25, -0.2) is 8.42 Å². The Morgan fingerprint density at radius 2 is 1.74 bits per heavy atom. The number of halogens is 1. The third kappa shape index (κ3) is 5.80. The molecule has 1 aliphatic rings. The average Bonchev–Trinajstić information content (AvgIpc) is 2.87. The third-order valence-corrected chi connectivity index (χ3v) is 7.24. The van der Waals surface area contributed by atoms with Crippen molar-refractivity contribution in [2.24, 2.45) is 0 Å². The Morgan fingerprint density at radius 1 is 1.06 bits per heavy atom. The van der Waals surface area contributed by atoms with Crippen LogP contribution in [-0.2, 0) is 14.8 Å². The fourth-order valence-electron chi connectivity index (χ4n) is 3.55. The Hall–Kier alpha value is -3.43. The zero-order valence-electron chi connectivity index (χ0n) is 19.0. The number of rotatable bonds is 9. The molecule has 0 unspecified atom stereocenters. The summed E-state index contributed by atoms with van der Waals surface area (Å²) in [6, 6.07) is 19.7. The summed E-state index contributed by atoms with van der Waals surface area (Å²) in [5.41, 5.74) is 0.255. The first-order valence-corrected chi connectivity index (χ1v) is 12.9. The van der Waals surface area contributed by atoms with E-state index in [1.165, 1.54) is 24.3 Å². The highest BCUT2D eigenvalue weighted by Crippen LogP contribution is 2.33. The molecule has 0 fully saturated rings. The number of fused-ring (bicyclic) bond motifs is 1. The first-order chi connectivity index (χ1) is 16.9. The van der Waals surface area contributed by atoms with Gasteiger partial charge in [-0.05, 0) is 55.5 Å². The van der Waals surface area contributed by atoms with Gasteiger partial charge in [0.15, 0.2) is 11.5 Å². The number of ether oxygens (including phenoxy) is 3. The number of nitrogens with zero attached hydrogens (tertiary/aromatic N) is 1. The van der Waals surface area contributed by atoms with Gasteiger partial charge in [0.05, 0.1) is 23.7 Å². The smallest absolute Gasteiger partial charge is 0.264 e. The van der Waals surface area contributed by atoms with Crippen LogP contribution in [0.2, 0.25) is 5.02 Å². The Morgan fingerprint density at radius 3 is 2.49 bits per heavy atom. The van der Waals surface area contributed by atoms with Crippen LogP contribution in [0.15, 0.2) is 77.7 Å². The summed E-state index contributed by atoms with van der Waals surface area (Å²) in [6.45, 7) is 2.08. The molecule has 1 aliphatic heterocycles. The molecule has 3 aromatic carbocycles. The zero-order chi connectivity index (χ0) is 24.8. The lowest BCUT2D eigenvalue weighted by molar-refractivity contribution is -0.120. The van der Waals surface area contributed by atoms with E-state index in [0.717, 1.165) is 4.31 Å². The predicted octanol–water partition coefficient (Wildman–Crippen LogP) is 3.89. The summed E-state index contributed by atoms with van der Waals surface area (Å²) < 4.78 is 45.4. The van der Waals surface area contributed by atoms with E-state index in [4.69, 9.17) is 25.8 Å². The topological polar surface area (TPSA) is 94.2 Å². The van der Waals surface area contributed by atoms with Crippen molar-refractivity contribution in [3.05, 3.63) is 77.8 Å². The van der Waals surface area contributed by atoms with Crippen LogP contribution in [0.5, 0.6) is 17.2 Å². The van der Waals surface area contributed by atoms with Gasteiger partial charge in [0.2, 0.25) is 5.91 Å². The van der Waals surface area contributed by atoms with E-state index in [2.05, 4.69) is 5.32 Å². The number of para-hydroxylation sites is 4. The molecule has 1 N–H and O–H groups in total. The van der Waals surface area contributed by atoms with E-state index in [1.54, 1.807) is 43.3 Å². The molecule has 10 heteroatoms. The molecule has 1 heterocycles. The summed E-state index contributed by atoms with van der Waals surface area (Å²) in [5, 5.41) is 3.16. The van der Waals surface area contributed by atoms with Gasteiger partial charge in [-0.15, -0.1) is 0 Å². The Kier molecular flexibility index (Phi) is 7.67. The van der Waals surface area contributed by atoms with Crippen molar-refractivity contribution >= 4 is 33.2 Å². The molecule has 184 valence electrons. The standard InChI is InChI=1S/C25H25ClN2O6S/c1-2-32-22-8-4-3-7-21(22)28(35(30,31)20-13-11-18(26)12-14-20)16-25(29)27-15-19-17-33-23-9-5-6-10-24(23)34-19/h3-14,19H,2,15-17H2,1H3,(H,27,29)/t19-/m0/s1. The molecule has 0 radical (unpaired) electrons. The zero-order valence-corrected chi connectivity index (χ0v) is 20.6. The van der Waals surface area contributed by atoms with Crippen molar-refractivity contribution in [3.63, 3.8) is 0 Å². The van der Waals surface area contributed by atoms with Gasteiger partial charge in [0, 0.05) is 5.02 Å². The van der Waals surface area contributed by atoms with Crippen LogP contribution in [-0.4, -0.2) is 46.7 Å². The molecular formula is C25H25ClN2O6S. The molecule has 0 bridgehead atoms. The number of carbonyl (C=O) groups excluding carboxylic acids is 1. The average molecular weight is 517 g/mol. The van der Waals surface area contributed by atoms with E-state index in [9.17, 15) is 13.2 Å². The van der Waals surface area contributed by atoms with E-state index in [-0.39, 0.29) is 23.7 Å². The molecule has 0 saturated carbocycles. The number of nitrogens with one attached hydrogen (secondary N) is 1. The summed E-state index contributed by atoms with van der Waals surface area (Å²) >= 11 is 5.94. The molecule has 35 heavy (non-hydrogen) atoms. The number of hydrogen-bond acceptors (Lipinski definition) is 6.